The van der Waals surface area contributed by atoms with E-state index in [4.69, 9.17) is 0 Å². The second-order valence-corrected chi connectivity index (χ2v) is 3.04. The van der Waals surface area contributed by atoms with E-state index >= 15 is 0 Å². The lowest BCUT2D eigenvalue weighted by molar-refractivity contribution is 0.957. The van der Waals surface area contributed by atoms with Crippen LogP contribution in [0.15, 0.2) is 42.5 Å². The van der Waals surface area contributed by atoms with Gasteiger partial charge in [0.05, 0.1) is 0 Å². The summed E-state index contributed by atoms with van der Waals surface area (Å²) in [5.74, 6) is 0.547. The summed E-state index contributed by atoms with van der Waals surface area (Å²) in [6.07, 6.45) is 5.60. The van der Waals surface area contributed by atoms with Crippen LogP contribution >= 0.6 is 0 Å². The van der Waals surface area contributed by atoms with Crippen molar-refractivity contribution in [1.82, 2.24) is 0 Å². The SMILES string of the molecule is CC/C=C/[C@H](C)c1ccccc1. The molecule has 12 heavy (non-hydrogen) atoms. The maximum atomic E-state index is 2.26. The zero-order valence-corrected chi connectivity index (χ0v) is 7.83. The molecule has 0 aliphatic carbocycles. The Kier molecular flexibility index (Phi) is 3.59. The van der Waals surface area contributed by atoms with Crippen molar-refractivity contribution in [2.24, 2.45) is 0 Å². The molecule has 0 N–H and O–H groups in total. The number of hydrogen-bond acceptors (Lipinski definition) is 0. The van der Waals surface area contributed by atoms with E-state index in [0.29, 0.717) is 5.92 Å². The van der Waals surface area contributed by atoms with Crippen LogP contribution < -0.4 is 0 Å². The van der Waals surface area contributed by atoms with E-state index in [1.165, 1.54) is 5.56 Å². The standard InChI is InChI=1S/C12H16/c1-3-4-8-11(2)12-9-6-5-7-10-12/h4-11H,3H2,1-2H3/b8-4+/t11-/m0/s1. The molecule has 0 nitrogen and oxygen atoms in total. The van der Waals surface area contributed by atoms with Gasteiger partial charge in [0.2, 0.25) is 0 Å². The lowest BCUT2D eigenvalue weighted by Crippen LogP contribution is -1.86. The number of hydrogen-bond donors (Lipinski definition) is 0. The maximum absolute atomic E-state index is 2.26. The number of rotatable bonds is 3. The second kappa shape index (κ2) is 4.76. The third-order valence-electron chi connectivity index (χ3n) is 1.99. The summed E-state index contributed by atoms with van der Waals surface area (Å²) in [5.41, 5.74) is 1.39. The van der Waals surface area contributed by atoms with Crippen molar-refractivity contribution in [3.63, 3.8) is 0 Å². The summed E-state index contributed by atoms with van der Waals surface area (Å²) < 4.78 is 0. The van der Waals surface area contributed by atoms with Crippen LogP contribution in [0.4, 0.5) is 0 Å². The molecule has 0 heteroatoms. The van der Waals surface area contributed by atoms with Gasteiger partial charge in [-0.05, 0) is 17.9 Å². The van der Waals surface area contributed by atoms with Crippen molar-refractivity contribution in [2.45, 2.75) is 26.2 Å². The minimum atomic E-state index is 0.547. The number of benzene rings is 1. The summed E-state index contributed by atoms with van der Waals surface area (Å²) in [6, 6.07) is 10.6. The number of allylic oxidation sites excluding steroid dienone is 2. The van der Waals surface area contributed by atoms with Crippen molar-refractivity contribution >= 4 is 0 Å². The molecule has 1 aromatic carbocycles. The van der Waals surface area contributed by atoms with Crippen LogP contribution in [0.25, 0.3) is 0 Å². The van der Waals surface area contributed by atoms with Crippen LogP contribution in [-0.4, -0.2) is 0 Å². The van der Waals surface area contributed by atoms with Gasteiger partial charge in [0, 0.05) is 0 Å². The summed E-state index contributed by atoms with van der Waals surface area (Å²) in [5, 5.41) is 0. The Balaban J connectivity index is 2.65. The van der Waals surface area contributed by atoms with E-state index in [0.717, 1.165) is 6.42 Å². The highest BCUT2D eigenvalue weighted by Gasteiger charge is 1.97. The van der Waals surface area contributed by atoms with Crippen molar-refractivity contribution in [2.75, 3.05) is 0 Å². The van der Waals surface area contributed by atoms with Crippen LogP contribution in [-0.2, 0) is 0 Å². The zero-order chi connectivity index (χ0) is 8.81. The van der Waals surface area contributed by atoms with Crippen molar-refractivity contribution in [1.29, 1.82) is 0 Å². The fourth-order valence-corrected chi connectivity index (χ4v) is 1.21. The lowest BCUT2D eigenvalue weighted by atomic mass is 10.0. The normalized spacial score (nSPS) is 13.5. The smallest absolute Gasteiger partial charge is 0.00104 e. The third-order valence-corrected chi connectivity index (χ3v) is 1.99. The van der Waals surface area contributed by atoms with Gasteiger partial charge < -0.3 is 0 Å². The molecule has 0 heterocycles. The van der Waals surface area contributed by atoms with E-state index in [2.05, 4.69) is 56.3 Å². The molecule has 64 valence electrons. The first-order valence-electron chi connectivity index (χ1n) is 4.56. The van der Waals surface area contributed by atoms with Gasteiger partial charge in [-0.3, -0.25) is 0 Å². The van der Waals surface area contributed by atoms with Gasteiger partial charge in [-0.25, -0.2) is 0 Å². The molecule has 0 fully saturated rings. The molecule has 0 aromatic heterocycles. The van der Waals surface area contributed by atoms with Gasteiger partial charge in [-0.15, -0.1) is 0 Å². The van der Waals surface area contributed by atoms with Crippen LogP contribution in [0, 0.1) is 0 Å². The van der Waals surface area contributed by atoms with Gasteiger partial charge in [0.25, 0.3) is 0 Å². The molecule has 0 saturated heterocycles. The third kappa shape index (κ3) is 2.54. The molecule has 1 aromatic rings. The fraction of sp³-hybridized carbons (Fsp3) is 0.333. The summed E-state index contributed by atoms with van der Waals surface area (Å²) in [6.45, 7) is 4.38. The first-order valence-corrected chi connectivity index (χ1v) is 4.56. The van der Waals surface area contributed by atoms with Crippen molar-refractivity contribution < 1.29 is 0 Å². The first kappa shape index (κ1) is 9.05. The van der Waals surface area contributed by atoms with E-state index in [1.807, 2.05) is 0 Å². The van der Waals surface area contributed by atoms with Crippen LogP contribution in [0.5, 0.6) is 0 Å². The van der Waals surface area contributed by atoms with E-state index < -0.39 is 0 Å². The van der Waals surface area contributed by atoms with Gasteiger partial charge in [0.1, 0.15) is 0 Å². The fourth-order valence-electron chi connectivity index (χ4n) is 1.21. The van der Waals surface area contributed by atoms with Gasteiger partial charge in [-0.1, -0.05) is 56.3 Å². The van der Waals surface area contributed by atoms with Crippen LogP contribution in [0.3, 0.4) is 0 Å². The molecule has 0 aliphatic rings. The van der Waals surface area contributed by atoms with Crippen molar-refractivity contribution in [3.05, 3.63) is 48.0 Å². The first-order chi connectivity index (χ1) is 5.84. The molecular weight excluding hydrogens is 144 g/mol. The average Bonchev–Trinajstić information content (AvgIpc) is 2.15. The highest BCUT2D eigenvalue weighted by atomic mass is 14.0. The Bertz CT molecular complexity index is 233. The summed E-state index contributed by atoms with van der Waals surface area (Å²) in [4.78, 5) is 0. The van der Waals surface area contributed by atoms with E-state index in [-0.39, 0.29) is 0 Å². The van der Waals surface area contributed by atoms with Crippen LogP contribution in [0.1, 0.15) is 31.7 Å². The molecule has 0 bridgehead atoms. The summed E-state index contributed by atoms with van der Waals surface area (Å²) in [7, 11) is 0. The molecular formula is C12H16. The van der Waals surface area contributed by atoms with Crippen molar-refractivity contribution in [3.8, 4) is 0 Å². The maximum Gasteiger partial charge on any atom is -0.00104 e. The predicted octanol–water partition coefficient (Wildman–Crippen LogP) is 3.76. The average molecular weight is 160 g/mol. The van der Waals surface area contributed by atoms with Gasteiger partial charge in [-0.2, -0.15) is 0 Å². The minimum Gasteiger partial charge on any atom is -0.0882 e. The molecule has 1 rings (SSSR count). The molecule has 0 saturated carbocycles. The molecule has 0 spiro atoms. The Morgan fingerprint density at radius 1 is 1.25 bits per heavy atom. The second-order valence-electron chi connectivity index (χ2n) is 3.04. The zero-order valence-electron chi connectivity index (χ0n) is 7.83. The lowest BCUT2D eigenvalue weighted by Gasteiger charge is -2.04. The highest BCUT2D eigenvalue weighted by Crippen LogP contribution is 2.15. The van der Waals surface area contributed by atoms with E-state index in [1.54, 1.807) is 0 Å². The van der Waals surface area contributed by atoms with Crippen LogP contribution in [0.2, 0.25) is 0 Å². The summed E-state index contributed by atoms with van der Waals surface area (Å²) >= 11 is 0. The topological polar surface area (TPSA) is 0 Å². The van der Waals surface area contributed by atoms with Gasteiger partial charge >= 0.3 is 0 Å². The largest absolute Gasteiger partial charge is 0.0882 e. The molecule has 0 amide bonds. The minimum absolute atomic E-state index is 0.547. The quantitative estimate of drug-likeness (QED) is 0.591. The highest BCUT2D eigenvalue weighted by molar-refractivity contribution is 5.22. The Morgan fingerprint density at radius 2 is 1.92 bits per heavy atom. The molecule has 0 unspecified atom stereocenters. The molecule has 1 atom stereocenters. The Morgan fingerprint density at radius 3 is 2.50 bits per heavy atom. The predicted molar refractivity (Wildman–Crippen MR) is 54.3 cm³/mol. The van der Waals surface area contributed by atoms with Gasteiger partial charge in [0.15, 0.2) is 0 Å². The monoisotopic (exact) mass is 160 g/mol. The Labute approximate surface area is 74.9 Å². The Hall–Kier alpha value is -1.04. The van der Waals surface area contributed by atoms with E-state index in [9.17, 15) is 0 Å². The molecule has 0 radical (unpaired) electrons. The molecule has 0 aliphatic heterocycles.